The van der Waals surface area contributed by atoms with Crippen LogP contribution in [0.5, 0.6) is 11.5 Å². The van der Waals surface area contributed by atoms with Gasteiger partial charge in [-0.3, -0.25) is 0 Å². The Bertz CT molecular complexity index is 613. The lowest BCUT2D eigenvalue weighted by Crippen LogP contribution is -2.12. The minimum atomic E-state index is -0.218. The first-order valence-electron chi connectivity index (χ1n) is 6.30. The van der Waals surface area contributed by atoms with Gasteiger partial charge in [-0.1, -0.05) is 34.1 Å². The molecule has 0 saturated carbocycles. The van der Waals surface area contributed by atoms with Gasteiger partial charge >= 0.3 is 0 Å². The molecule has 0 aliphatic heterocycles. The average molecular weight is 336 g/mol. The lowest BCUT2D eigenvalue weighted by molar-refractivity contribution is 0.411. The number of benzene rings is 2. The van der Waals surface area contributed by atoms with Crippen molar-refractivity contribution in [1.82, 2.24) is 0 Å². The summed E-state index contributed by atoms with van der Waals surface area (Å²) in [6.07, 6.45) is 0. The monoisotopic (exact) mass is 335 g/mol. The van der Waals surface area contributed by atoms with Crippen molar-refractivity contribution in [1.29, 1.82) is 0 Å². The molecule has 0 radical (unpaired) electrons. The lowest BCUT2D eigenvalue weighted by Gasteiger charge is -2.17. The number of methoxy groups -OCH3 is 2. The molecule has 0 saturated heterocycles. The summed E-state index contributed by atoms with van der Waals surface area (Å²) in [5.41, 5.74) is 9.47. The first kappa shape index (κ1) is 14.9. The maximum absolute atomic E-state index is 6.36. The Labute approximate surface area is 127 Å². The molecule has 2 aromatic carbocycles. The first-order chi connectivity index (χ1) is 9.56. The van der Waals surface area contributed by atoms with Gasteiger partial charge in [-0.25, -0.2) is 0 Å². The molecule has 0 fully saturated rings. The van der Waals surface area contributed by atoms with E-state index in [9.17, 15) is 0 Å². The number of nitrogens with two attached hydrogens (primary N) is 1. The fourth-order valence-electron chi connectivity index (χ4n) is 2.10. The van der Waals surface area contributed by atoms with Crippen LogP contribution >= 0.6 is 15.9 Å². The van der Waals surface area contributed by atoms with E-state index in [4.69, 9.17) is 15.2 Å². The van der Waals surface area contributed by atoms with Crippen molar-refractivity contribution >= 4 is 15.9 Å². The van der Waals surface area contributed by atoms with Gasteiger partial charge in [-0.05, 0) is 41.8 Å². The summed E-state index contributed by atoms with van der Waals surface area (Å²) in [7, 11) is 3.31. The highest BCUT2D eigenvalue weighted by Gasteiger charge is 2.14. The van der Waals surface area contributed by atoms with E-state index in [0.717, 1.165) is 32.7 Å². The zero-order valence-corrected chi connectivity index (χ0v) is 13.4. The zero-order chi connectivity index (χ0) is 14.7. The van der Waals surface area contributed by atoms with Crippen LogP contribution in [-0.2, 0) is 0 Å². The minimum Gasteiger partial charge on any atom is -0.497 e. The number of aryl methyl sites for hydroxylation is 1. The molecule has 0 spiro atoms. The van der Waals surface area contributed by atoms with Crippen molar-refractivity contribution < 1.29 is 9.47 Å². The molecule has 0 aromatic heterocycles. The second-order valence-corrected chi connectivity index (χ2v) is 5.45. The normalized spacial score (nSPS) is 12.1. The van der Waals surface area contributed by atoms with E-state index >= 15 is 0 Å². The van der Waals surface area contributed by atoms with Gasteiger partial charge in [0.25, 0.3) is 0 Å². The van der Waals surface area contributed by atoms with Crippen LogP contribution in [0.3, 0.4) is 0 Å². The van der Waals surface area contributed by atoms with Crippen LogP contribution in [0.25, 0.3) is 0 Å². The molecule has 2 aromatic rings. The smallest absolute Gasteiger partial charge is 0.122 e. The van der Waals surface area contributed by atoms with E-state index in [2.05, 4.69) is 15.9 Å². The zero-order valence-electron chi connectivity index (χ0n) is 11.8. The van der Waals surface area contributed by atoms with Crippen LogP contribution in [0.4, 0.5) is 0 Å². The standard InChI is InChI=1S/C16H18BrNO2/c1-10-4-5-11(8-15(10)20-3)16(18)13-7-6-12(19-2)9-14(13)17/h4-9,16H,18H2,1-3H3. The summed E-state index contributed by atoms with van der Waals surface area (Å²) < 4.78 is 11.5. The third kappa shape index (κ3) is 2.97. The molecule has 1 atom stereocenters. The number of hydrogen-bond acceptors (Lipinski definition) is 3. The van der Waals surface area contributed by atoms with Gasteiger partial charge in [0, 0.05) is 4.47 Å². The summed E-state index contributed by atoms with van der Waals surface area (Å²) in [4.78, 5) is 0. The third-order valence-electron chi connectivity index (χ3n) is 3.33. The fraction of sp³-hybridized carbons (Fsp3) is 0.250. The highest BCUT2D eigenvalue weighted by Crippen LogP contribution is 2.32. The molecule has 0 heterocycles. The Kier molecular flexibility index (Phi) is 4.68. The number of hydrogen-bond donors (Lipinski definition) is 1. The summed E-state index contributed by atoms with van der Waals surface area (Å²) in [6, 6.07) is 11.6. The predicted molar refractivity (Wildman–Crippen MR) is 84.5 cm³/mol. The van der Waals surface area contributed by atoms with Crippen molar-refractivity contribution in [3.05, 3.63) is 57.6 Å². The van der Waals surface area contributed by atoms with Crippen LogP contribution in [-0.4, -0.2) is 14.2 Å². The third-order valence-corrected chi connectivity index (χ3v) is 4.02. The average Bonchev–Trinajstić information content (AvgIpc) is 2.47. The number of halogens is 1. The van der Waals surface area contributed by atoms with Gasteiger partial charge in [0.2, 0.25) is 0 Å². The maximum atomic E-state index is 6.36. The van der Waals surface area contributed by atoms with Crippen molar-refractivity contribution in [2.75, 3.05) is 14.2 Å². The van der Waals surface area contributed by atoms with Crippen molar-refractivity contribution in [2.45, 2.75) is 13.0 Å². The van der Waals surface area contributed by atoms with Crippen LogP contribution in [0.2, 0.25) is 0 Å². The van der Waals surface area contributed by atoms with E-state index < -0.39 is 0 Å². The predicted octanol–water partition coefficient (Wildman–Crippen LogP) is 3.82. The molecule has 20 heavy (non-hydrogen) atoms. The Hall–Kier alpha value is -1.52. The van der Waals surface area contributed by atoms with Crippen LogP contribution in [0.1, 0.15) is 22.7 Å². The van der Waals surface area contributed by atoms with Gasteiger partial charge in [0.15, 0.2) is 0 Å². The molecule has 1 unspecified atom stereocenters. The number of rotatable bonds is 4. The Morgan fingerprint density at radius 3 is 2.40 bits per heavy atom. The molecule has 0 aliphatic carbocycles. The second kappa shape index (κ2) is 6.29. The topological polar surface area (TPSA) is 44.5 Å². The Morgan fingerprint density at radius 1 is 1.05 bits per heavy atom. The van der Waals surface area contributed by atoms with E-state index in [1.54, 1.807) is 14.2 Å². The summed E-state index contributed by atoms with van der Waals surface area (Å²) >= 11 is 3.54. The highest BCUT2D eigenvalue weighted by atomic mass is 79.9. The largest absolute Gasteiger partial charge is 0.497 e. The van der Waals surface area contributed by atoms with Crippen LogP contribution in [0, 0.1) is 6.92 Å². The quantitative estimate of drug-likeness (QED) is 0.923. The minimum absolute atomic E-state index is 0.218. The Morgan fingerprint density at radius 2 is 1.80 bits per heavy atom. The van der Waals surface area contributed by atoms with Crippen molar-refractivity contribution in [2.24, 2.45) is 5.73 Å². The second-order valence-electron chi connectivity index (χ2n) is 4.59. The molecule has 106 valence electrons. The Balaban J connectivity index is 2.38. The maximum Gasteiger partial charge on any atom is 0.122 e. The molecule has 2 rings (SSSR count). The summed E-state index contributed by atoms with van der Waals surface area (Å²) in [6.45, 7) is 2.01. The molecule has 4 heteroatoms. The van der Waals surface area contributed by atoms with Gasteiger partial charge in [-0.2, -0.15) is 0 Å². The van der Waals surface area contributed by atoms with Crippen LogP contribution in [0.15, 0.2) is 40.9 Å². The van der Waals surface area contributed by atoms with Gasteiger partial charge in [0.1, 0.15) is 11.5 Å². The van der Waals surface area contributed by atoms with Gasteiger partial charge < -0.3 is 15.2 Å². The SMILES string of the molecule is COc1ccc(C(N)c2ccc(C)c(OC)c2)c(Br)c1. The van der Waals surface area contributed by atoms with Gasteiger partial charge in [-0.15, -0.1) is 0 Å². The van der Waals surface area contributed by atoms with Crippen LogP contribution < -0.4 is 15.2 Å². The molecule has 0 aliphatic rings. The highest BCUT2D eigenvalue weighted by molar-refractivity contribution is 9.10. The van der Waals surface area contributed by atoms with Gasteiger partial charge in [0.05, 0.1) is 20.3 Å². The van der Waals surface area contributed by atoms with Crippen molar-refractivity contribution in [3.8, 4) is 11.5 Å². The lowest BCUT2D eigenvalue weighted by atomic mass is 9.98. The van der Waals surface area contributed by atoms with E-state index in [1.807, 2.05) is 43.3 Å². The molecule has 0 amide bonds. The molecular weight excluding hydrogens is 318 g/mol. The fourth-order valence-corrected chi connectivity index (χ4v) is 2.70. The molecule has 3 nitrogen and oxygen atoms in total. The number of ether oxygens (including phenoxy) is 2. The van der Waals surface area contributed by atoms with E-state index in [0.29, 0.717) is 0 Å². The molecular formula is C16H18BrNO2. The van der Waals surface area contributed by atoms with E-state index in [1.165, 1.54) is 0 Å². The summed E-state index contributed by atoms with van der Waals surface area (Å²) in [5.74, 6) is 1.65. The first-order valence-corrected chi connectivity index (χ1v) is 7.09. The molecule has 0 bridgehead atoms. The molecule has 2 N–H and O–H groups in total. The van der Waals surface area contributed by atoms with Crippen molar-refractivity contribution in [3.63, 3.8) is 0 Å². The summed E-state index contributed by atoms with van der Waals surface area (Å²) in [5, 5.41) is 0. The van der Waals surface area contributed by atoms with E-state index in [-0.39, 0.29) is 6.04 Å².